The molecular weight excluding hydrogens is 691 g/mol. The number of nitrogens with zero attached hydrogens (tertiary/aromatic N) is 1. The van der Waals surface area contributed by atoms with Crippen molar-refractivity contribution in [3.63, 3.8) is 0 Å². The Bertz CT molecular complexity index is 1480. The minimum absolute atomic E-state index is 0. The number of benzene rings is 2. The summed E-state index contributed by atoms with van der Waals surface area (Å²) in [6, 6.07) is 21.7. The van der Waals surface area contributed by atoms with Crippen molar-refractivity contribution in [3.05, 3.63) is 88.7 Å². The number of allylic oxidation sites excluding steroid dienone is 2. The Hall–Kier alpha value is -2.59. The molecule has 2 aromatic carbocycles. The first-order valence-corrected chi connectivity index (χ1v) is 14.4. The number of rotatable bonds is 5. The first kappa shape index (κ1) is 33.6. The zero-order valence-corrected chi connectivity index (χ0v) is 28.6. The number of carbonyl (C=O) groups excluding carboxylic acids is 1. The minimum atomic E-state index is -0.125. The van der Waals surface area contributed by atoms with Crippen molar-refractivity contribution < 1.29 is 30.0 Å². The van der Waals surface area contributed by atoms with Gasteiger partial charge in [-0.25, -0.2) is 0 Å². The molecule has 0 bridgehead atoms. The second-order valence-corrected chi connectivity index (χ2v) is 13.0. The molecule has 0 fully saturated rings. The molecule has 0 unspecified atom stereocenters. The van der Waals surface area contributed by atoms with Gasteiger partial charge in [0.15, 0.2) is 5.78 Å². The van der Waals surface area contributed by atoms with Crippen molar-refractivity contribution in [2.24, 2.45) is 0 Å². The summed E-state index contributed by atoms with van der Waals surface area (Å²) in [5, 5.41) is 9.57. The van der Waals surface area contributed by atoms with E-state index >= 15 is 0 Å². The maximum absolute atomic E-state index is 10.0. The largest absolute Gasteiger partial charge is 0.512 e. The van der Waals surface area contributed by atoms with Gasteiger partial charge in [0, 0.05) is 36.4 Å². The number of aryl methyl sites for hydroxylation is 1. The van der Waals surface area contributed by atoms with Gasteiger partial charge in [-0.15, -0.1) is 46.2 Å². The molecule has 40 heavy (non-hydrogen) atoms. The van der Waals surface area contributed by atoms with Crippen molar-refractivity contribution in [1.29, 1.82) is 0 Å². The predicted molar refractivity (Wildman–Crippen MR) is 168 cm³/mol. The third-order valence-electron chi connectivity index (χ3n) is 6.54. The van der Waals surface area contributed by atoms with Crippen LogP contribution in [0.25, 0.3) is 31.9 Å². The molecule has 0 saturated carbocycles. The summed E-state index contributed by atoms with van der Waals surface area (Å²) in [7, 11) is 0. The van der Waals surface area contributed by atoms with Crippen molar-refractivity contribution in [1.82, 2.24) is 4.98 Å². The van der Waals surface area contributed by atoms with E-state index in [-0.39, 0.29) is 37.1 Å². The third kappa shape index (κ3) is 8.96. The quantitative estimate of drug-likeness (QED) is 0.126. The number of aromatic nitrogens is 1. The minimum Gasteiger partial charge on any atom is -0.512 e. The fraction of sp³-hybridized carbons (Fsp3) is 0.371. The fourth-order valence-electron chi connectivity index (χ4n) is 4.28. The summed E-state index contributed by atoms with van der Waals surface area (Å²) in [6.45, 7) is 20.8. The topological polar surface area (TPSA) is 50.2 Å². The molecule has 0 amide bonds. The molecule has 0 aliphatic carbocycles. The van der Waals surface area contributed by atoms with E-state index in [2.05, 4.69) is 110 Å². The van der Waals surface area contributed by atoms with Gasteiger partial charge in [-0.2, -0.15) is 0 Å². The normalized spacial score (nSPS) is 11.8. The molecule has 1 radical (unpaired) electrons. The van der Waals surface area contributed by atoms with Gasteiger partial charge in [0.25, 0.3) is 0 Å². The van der Waals surface area contributed by atoms with Gasteiger partial charge in [-0.05, 0) is 59.5 Å². The van der Waals surface area contributed by atoms with Gasteiger partial charge in [0.05, 0.1) is 5.76 Å². The van der Waals surface area contributed by atoms with E-state index < -0.39 is 0 Å². The summed E-state index contributed by atoms with van der Waals surface area (Å²) in [4.78, 5) is 17.5. The fourth-order valence-corrected chi connectivity index (χ4v) is 5.29. The zero-order chi connectivity index (χ0) is 29.1. The Kier molecular flexibility index (Phi) is 11.6. The molecule has 0 aliphatic heterocycles. The van der Waals surface area contributed by atoms with Crippen molar-refractivity contribution >= 4 is 27.3 Å². The van der Waals surface area contributed by atoms with E-state index in [4.69, 9.17) is 10.1 Å². The molecular formula is C35H42IrNO2S-. The van der Waals surface area contributed by atoms with Crippen LogP contribution in [0.5, 0.6) is 0 Å². The summed E-state index contributed by atoms with van der Waals surface area (Å²) in [5.74, 6) is 0.966. The van der Waals surface area contributed by atoms with E-state index in [0.717, 1.165) is 21.7 Å². The van der Waals surface area contributed by atoms with Crippen molar-refractivity contribution in [3.8, 4) is 21.7 Å². The molecule has 1 N–H and O–H groups in total. The smallest absolute Gasteiger partial charge is 0.155 e. The van der Waals surface area contributed by atoms with E-state index in [9.17, 15) is 4.79 Å². The number of aliphatic hydroxyl groups is 1. The number of hydrogen-bond donors (Lipinski definition) is 1. The Morgan fingerprint density at radius 2 is 1.55 bits per heavy atom. The summed E-state index contributed by atoms with van der Waals surface area (Å²) in [6.07, 6.45) is 1.17. The van der Waals surface area contributed by atoms with Gasteiger partial charge in [0.1, 0.15) is 4.83 Å². The number of pyridine rings is 1. The van der Waals surface area contributed by atoms with Gasteiger partial charge in [0.2, 0.25) is 0 Å². The summed E-state index contributed by atoms with van der Waals surface area (Å²) >= 11 is 1.79. The van der Waals surface area contributed by atoms with Crippen LogP contribution in [0.4, 0.5) is 0 Å². The number of ketones is 1. The molecule has 3 nitrogen and oxygen atoms in total. The SMILES string of the molecule is CC(=O)/C=C(/C)O.Cc1[c-]c(-c2ccc3cc(-c4cc(C(C)C)cc(C(C)C)c4)sc3n2)cc(C(C)(C)C)c1.[Ir]. The molecule has 215 valence electrons. The average molecular weight is 733 g/mol. The first-order valence-electron chi connectivity index (χ1n) is 13.6. The maximum Gasteiger partial charge on any atom is 0.155 e. The molecule has 0 atom stereocenters. The Morgan fingerprint density at radius 1 is 0.950 bits per heavy atom. The van der Waals surface area contributed by atoms with Crippen LogP contribution in [0.2, 0.25) is 0 Å². The number of carbonyl (C=O) groups is 1. The second kappa shape index (κ2) is 13.9. The van der Waals surface area contributed by atoms with Crippen LogP contribution in [0, 0.1) is 13.0 Å². The van der Waals surface area contributed by atoms with Gasteiger partial charge < -0.3 is 5.11 Å². The van der Waals surface area contributed by atoms with E-state index in [1.165, 1.54) is 52.4 Å². The Balaban J connectivity index is 0.000000623. The van der Waals surface area contributed by atoms with Crippen LogP contribution in [0.15, 0.2) is 60.4 Å². The van der Waals surface area contributed by atoms with Crippen LogP contribution in [0.3, 0.4) is 0 Å². The summed E-state index contributed by atoms with van der Waals surface area (Å²) in [5.41, 5.74) is 8.78. The first-order chi connectivity index (χ1) is 18.1. The number of thiophene rings is 1. The molecule has 0 saturated heterocycles. The maximum atomic E-state index is 10.0. The van der Waals surface area contributed by atoms with Crippen molar-refractivity contribution in [2.75, 3.05) is 0 Å². The van der Waals surface area contributed by atoms with E-state index in [0.29, 0.717) is 11.8 Å². The van der Waals surface area contributed by atoms with Crippen LogP contribution >= 0.6 is 11.3 Å². The molecule has 2 aromatic heterocycles. The van der Waals surface area contributed by atoms with Crippen LogP contribution < -0.4 is 0 Å². The molecule has 2 heterocycles. The zero-order valence-electron chi connectivity index (χ0n) is 25.4. The van der Waals surface area contributed by atoms with Gasteiger partial charge in [-0.1, -0.05) is 85.7 Å². The Labute approximate surface area is 258 Å². The van der Waals surface area contributed by atoms with E-state index in [1.54, 1.807) is 11.3 Å². The molecule has 0 aliphatic rings. The third-order valence-corrected chi connectivity index (χ3v) is 7.63. The molecule has 5 heteroatoms. The standard InChI is InChI=1S/C30H34NS.C5H8O2.Ir/c1-18(2)22-13-23(19(3)4)15-25(14-22)28-17-21-9-10-27(31-29(21)32-28)24-11-20(5)12-26(16-24)30(6,7)8;1-4(6)3-5(2)7;/h9-10,12-19H,1-8H3;3,6H,1-2H3;/q-1;;/b;4-3-;. The van der Waals surface area contributed by atoms with Crippen molar-refractivity contribution in [2.45, 2.75) is 86.5 Å². The molecule has 4 rings (SSSR count). The second-order valence-electron chi connectivity index (χ2n) is 12.0. The number of hydrogen-bond acceptors (Lipinski definition) is 4. The van der Waals surface area contributed by atoms with Crippen LogP contribution in [-0.2, 0) is 30.3 Å². The molecule has 0 spiro atoms. The van der Waals surface area contributed by atoms with Crippen LogP contribution in [-0.4, -0.2) is 15.9 Å². The average Bonchev–Trinajstić information content (AvgIpc) is 3.26. The van der Waals surface area contributed by atoms with E-state index in [1.807, 2.05) is 0 Å². The number of fused-ring (bicyclic) bond motifs is 1. The summed E-state index contributed by atoms with van der Waals surface area (Å²) < 4.78 is 0. The van der Waals surface area contributed by atoms with Gasteiger partial charge >= 0.3 is 0 Å². The molecule has 4 aromatic rings. The predicted octanol–water partition coefficient (Wildman–Crippen LogP) is 10.3. The van der Waals surface area contributed by atoms with Gasteiger partial charge in [-0.3, -0.25) is 9.78 Å². The monoisotopic (exact) mass is 733 g/mol. The van der Waals surface area contributed by atoms with Crippen LogP contribution in [0.1, 0.15) is 96.4 Å². The number of aliphatic hydroxyl groups excluding tert-OH is 1. The Morgan fingerprint density at radius 3 is 2.02 bits per heavy atom.